The van der Waals surface area contributed by atoms with Crippen molar-refractivity contribution < 1.29 is 19.7 Å². The summed E-state index contributed by atoms with van der Waals surface area (Å²) < 4.78 is 5.17. The van der Waals surface area contributed by atoms with Crippen LogP contribution in [0.15, 0.2) is 24.3 Å². The molecular weight excluding hydrogens is 296 g/mol. The molecule has 0 aliphatic heterocycles. The lowest BCUT2D eigenvalue weighted by Crippen LogP contribution is -2.32. The molecule has 0 aliphatic carbocycles. The molecule has 0 fully saturated rings. The van der Waals surface area contributed by atoms with Crippen LogP contribution < -0.4 is 10.6 Å². The van der Waals surface area contributed by atoms with E-state index in [-0.39, 0.29) is 0 Å². The molecule has 0 aliphatic rings. The maximum absolute atomic E-state index is 11.6. The minimum absolute atomic E-state index is 0.294. The summed E-state index contributed by atoms with van der Waals surface area (Å²) in [5, 5.41) is 25.7. The molecule has 0 saturated heterocycles. The number of nitrogens with one attached hydrogen (secondary N) is 2. The Balaban J connectivity index is 2.61. The standard InChI is InChI=1S/C17H28N2O4/c1-17(2,3)23-16(22)19-11-12-6-5-7-13(10-12)15(21)14(20)8-9-18-4/h5-7,10,14-15,18,20-21H,8-9,11H2,1-4H3,(H,19,22). The molecule has 1 amide bonds. The molecule has 0 saturated carbocycles. The molecule has 6 nitrogen and oxygen atoms in total. The Morgan fingerprint density at radius 3 is 2.61 bits per heavy atom. The summed E-state index contributed by atoms with van der Waals surface area (Å²) in [4.78, 5) is 11.6. The zero-order valence-electron chi connectivity index (χ0n) is 14.3. The number of ether oxygens (including phenoxy) is 1. The number of carbonyl (C=O) groups excluding carboxylic acids is 1. The molecule has 1 aromatic rings. The van der Waals surface area contributed by atoms with Gasteiger partial charge in [-0.2, -0.15) is 0 Å². The molecule has 0 bridgehead atoms. The molecule has 0 radical (unpaired) electrons. The van der Waals surface area contributed by atoms with Crippen molar-refractivity contribution in [3.05, 3.63) is 35.4 Å². The van der Waals surface area contributed by atoms with E-state index in [9.17, 15) is 15.0 Å². The first-order valence-corrected chi connectivity index (χ1v) is 7.79. The normalized spacial score (nSPS) is 14.2. The van der Waals surface area contributed by atoms with Gasteiger partial charge >= 0.3 is 6.09 Å². The van der Waals surface area contributed by atoms with Crippen LogP contribution in [0.25, 0.3) is 0 Å². The lowest BCUT2D eigenvalue weighted by Gasteiger charge is -2.20. The van der Waals surface area contributed by atoms with Crippen LogP contribution in [0, 0.1) is 0 Å². The SMILES string of the molecule is CNCCC(O)C(O)c1cccc(CNC(=O)OC(C)(C)C)c1. The van der Waals surface area contributed by atoms with Gasteiger partial charge in [-0.3, -0.25) is 0 Å². The molecule has 130 valence electrons. The van der Waals surface area contributed by atoms with Gasteiger partial charge in [0.2, 0.25) is 0 Å². The van der Waals surface area contributed by atoms with Gasteiger partial charge in [0.25, 0.3) is 0 Å². The molecule has 0 spiro atoms. The Morgan fingerprint density at radius 2 is 2.00 bits per heavy atom. The lowest BCUT2D eigenvalue weighted by molar-refractivity contribution is 0.0140. The van der Waals surface area contributed by atoms with E-state index in [4.69, 9.17) is 4.74 Å². The van der Waals surface area contributed by atoms with Crippen molar-refractivity contribution in [2.45, 2.75) is 51.5 Å². The molecular formula is C17H28N2O4. The van der Waals surface area contributed by atoms with E-state index in [0.717, 1.165) is 5.56 Å². The summed E-state index contributed by atoms with van der Waals surface area (Å²) in [6, 6.07) is 7.15. The Bertz CT molecular complexity index is 500. The number of aliphatic hydroxyl groups is 2. The summed E-state index contributed by atoms with van der Waals surface area (Å²) in [5.74, 6) is 0. The van der Waals surface area contributed by atoms with Crippen LogP contribution in [0.5, 0.6) is 0 Å². The summed E-state index contributed by atoms with van der Waals surface area (Å²) in [7, 11) is 1.79. The number of hydrogen-bond donors (Lipinski definition) is 4. The van der Waals surface area contributed by atoms with Gasteiger partial charge < -0.3 is 25.6 Å². The van der Waals surface area contributed by atoms with E-state index in [1.54, 1.807) is 46.0 Å². The number of aliphatic hydroxyl groups excluding tert-OH is 2. The second-order valence-electron chi connectivity index (χ2n) is 6.50. The fourth-order valence-corrected chi connectivity index (χ4v) is 2.05. The monoisotopic (exact) mass is 324 g/mol. The summed E-state index contributed by atoms with van der Waals surface area (Å²) >= 11 is 0. The van der Waals surface area contributed by atoms with Crippen molar-refractivity contribution in [3.8, 4) is 0 Å². The van der Waals surface area contributed by atoms with Gasteiger partial charge in [-0.25, -0.2) is 4.79 Å². The molecule has 2 unspecified atom stereocenters. The Morgan fingerprint density at radius 1 is 1.30 bits per heavy atom. The van der Waals surface area contributed by atoms with Crippen molar-refractivity contribution in [1.82, 2.24) is 10.6 Å². The Hall–Kier alpha value is -1.63. The number of alkyl carbamates (subject to hydrolysis) is 1. The maximum Gasteiger partial charge on any atom is 0.407 e. The lowest BCUT2D eigenvalue weighted by atomic mass is 10.00. The Labute approximate surface area is 137 Å². The molecule has 0 aromatic heterocycles. The molecule has 23 heavy (non-hydrogen) atoms. The second-order valence-corrected chi connectivity index (χ2v) is 6.50. The van der Waals surface area contributed by atoms with Crippen molar-refractivity contribution in [3.63, 3.8) is 0 Å². The van der Waals surface area contributed by atoms with Crippen LogP contribution in [-0.2, 0) is 11.3 Å². The van der Waals surface area contributed by atoms with Crippen molar-refractivity contribution in [2.24, 2.45) is 0 Å². The predicted molar refractivity (Wildman–Crippen MR) is 89.0 cm³/mol. The number of hydrogen-bond acceptors (Lipinski definition) is 5. The Kier molecular flexibility index (Phi) is 7.48. The van der Waals surface area contributed by atoms with Crippen LogP contribution >= 0.6 is 0 Å². The maximum atomic E-state index is 11.6. The van der Waals surface area contributed by atoms with E-state index >= 15 is 0 Å². The van der Waals surface area contributed by atoms with Crippen molar-refractivity contribution in [1.29, 1.82) is 0 Å². The van der Waals surface area contributed by atoms with Gasteiger partial charge in [0.1, 0.15) is 11.7 Å². The molecule has 6 heteroatoms. The zero-order chi connectivity index (χ0) is 17.5. The van der Waals surface area contributed by atoms with Gasteiger partial charge in [0, 0.05) is 6.54 Å². The number of rotatable bonds is 7. The number of carbonyl (C=O) groups is 1. The average molecular weight is 324 g/mol. The first kappa shape index (κ1) is 19.4. The topological polar surface area (TPSA) is 90.8 Å². The van der Waals surface area contributed by atoms with E-state index in [2.05, 4.69) is 10.6 Å². The van der Waals surface area contributed by atoms with Crippen LogP contribution in [-0.4, -0.2) is 41.6 Å². The van der Waals surface area contributed by atoms with Crippen LogP contribution in [0.1, 0.15) is 44.4 Å². The van der Waals surface area contributed by atoms with E-state index < -0.39 is 23.9 Å². The van der Waals surface area contributed by atoms with Crippen molar-refractivity contribution >= 4 is 6.09 Å². The van der Waals surface area contributed by atoms with Crippen LogP contribution in [0.2, 0.25) is 0 Å². The number of amides is 1. The van der Waals surface area contributed by atoms with E-state index in [1.165, 1.54) is 0 Å². The quantitative estimate of drug-likeness (QED) is 0.613. The summed E-state index contributed by atoms with van der Waals surface area (Å²) in [6.07, 6.45) is -1.82. The average Bonchev–Trinajstić information content (AvgIpc) is 2.48. The highest BCUT2D eigenvalue weighted by Crippen LogP contribution is 2.20. The third kappa shape index (κ3) is 7.45. The highest BCUT2D eigenvalue weighted by molar-refractivity contribution is 5.67. The van der Waals surface area contributed by atoms with E-state index in [1.807, 2.05) is 6.07 Å². The number of benzene rings is 1. The third-order valence-electron chi connectivity index (χ3n) is 3.18. The second kappa shape index (κ2) is 8.86. The first-order chi connectivity index (χ1) is 10.7. The summed E-state index contributed by atoms with van der Waals surface area (Å²) in [5.41, 5.74) is 0.907. The minimum Gasteiger partial charge on any atom is -0.444 e. The third-order valence-corrected chi connectivity index (χ3v) is 3.18. The first-order valence-electron chi connectivity index (χ1n) is 7.79. The minimum atomic E-state index is -0.954. The van der Waals surface area contributed by atoms with Crippen LogP contribution in [0.3, 0.4) is 0 Å². The fourth-order valence-electron chi connectivity index (χ4n) is 2.05. The summed E-state index contributed by atoms with van der Waals surface area (Å²) in [6.45, 7) is 6.32. The van der Waals surface area contributed by atoms with Gasteiger partial charge in [-0.05, 0) is 51.9 Å². The van der Waals surface area contributed by atoms with Crippen LogP contribution in [0.4, 0.5) is 4.79 Å². The zero-order valence-corrected chi connectivity index (χ0v) is 14.3. The molecule has 0 heterocycles. The highest BCUT2D eigenvalue weighted by atomic mass is 16.6. The van der Waals surface area contributed by atoms with Gasteiger partial charge in [0.05, 0.1) is 6.10 Å². The molecule has 4 N–H and O–H groups in total. The predicted octanol–water partition coefficient (Wildman–Crippen LogP) is 1.72. The fraction of sp³-hybridized carbons (Fsp3) is 0.588. The molecule has 2 atom stereocenters. The van der Waals surface area contributed by atoms with Gasteiger partial charge in [-0.15, -0.1) is 0 Å². The molecule has 1 aromatic carbocycles. The highest BCUT2D eigenvalue weighted by Gasteiger charge is 2.19. The largest absolute Gasteiger partial charge is 0.444 e. The molecule has 1 rings (SSSR count). The van der Waals surface area contributed by atoms with Gasteiger partial charge in [-0.1, -0.05) is 24.3 Å². The van der Waals surface area contributed by atoms with Crippen molar-refractivity contribution in [2.75, 3.05) is 13.6 Å². The smallest absolute Gasteiger partial charge is 0.407 e. The van der Waals surface area contributed by atoms with Gasteiger partial charge in [0.15, 0.2) is 0 Å². The van der Waals surface area contributed by atoms with E-state index in [0.29, 0.717) is 25.1 Å².